The Morgan fingerprint density at radius 3 is 2.08 bits per heavy atom. The second-order valence-electron chi connectivity index (χ2n) is 2.59. The van der Waals surface area contributed by atoms with Crippen molar-refractivity contribution in [2.45, 2.75) is 26.8 Å². The molecule has 0 saturated carbocycles. The van der Waals surface area contributed by atoms with E-state index in [9.17, 15) is 4.79 Å². The van der Waals surface area contributed by atoms with Crippen molar-refractivity contribution in [1.29, 1.82) is 0 Å². The van der Waals surface area contributed by atoms with Gasteiger partial charge in [0.1, 0.15) is 0 Å². The van der Waals surface area contributed by atoms with E-state index in [0.29, 0.717) is 5.57 Å². The number of rotatable bonds is 2. The summed E-state index contributed by atoms with van der Waals surface area (Å²) in [6.45, 7) is 5.38. The predicted octanol–water partition coefficient (Wildman–Crippen LogP) is 1.26. The number of esters is 1. The van der Waals surface area contributed by atoms with Gasteiger partial charge in [0.15, 0.2) is 0 Å². The summed E-state index contributed by atoms with van der Waals surface area (Å²) < 4.78 is 4.53. The molecule has 0 heterocycles. The van der Waals surface area contributed by atoms with Gasteiger partial charge in [-0.2, -0.15) is 0 Å². The Kier molecular flexibility index (Phi) is 7.04. The second-order valence-corrected chi connectivity index (χ2v) is 2.59. The molecule has 0 bridgehead atoms. The number of carbonyl (C=O) groups is 1. The summed E-state index contributed by atoms with van der Waals surface area (Å²) >= 11 is 0. The van der Waals surface area contributed by atoms with Gasteiger partial charge in [-0.3, -0.25) is 0 Å². The average Bonchev–Trinajstić information content (AvgIpc) is 2.00. The van der Waals surface area contributed by atoms with Crippen molar-refractivity contribution < 1.29 is 9.53 Å². The third-order valence-corrected chi connectivity index (χ3v) is 1.77. The van der Waals surface area contributed by atoms with Gasteiger partial charge in [-0.1, -0.05) is 0 Å². The minimum atomic E-state index is -0.306. The van der Waals surface area contributed by atoms with E-state index in [1.807, 2.05) is 13.8 Å². The maximum Gasteiger partial charge on any atom is 0.333 e. The van der Waals surface area contributed by atoms with E-state index in [1.165, 1.54) is 7.11 Å². The molecule has 1 unspecified atom stereocenters. The van der Waals surface area contributed by atoms with Crippen molar-refractivity contribution in [2.75, 3.05) is 7.11 Å². The molecule has 0 aliphatic heterocycles. The van der Waals surface area contributed by atoms with Crippen LogP contribution in [0, 0.1) is 0 Å². The summed E-state index contributed by atoms with van der Waals surface area (Å²) in [5.74, 6) is -0.306. The zero-order valence-corrected chi connectivity index (χ0v) is 8.70. The lowest BCUT2D eigenvalue weighted by molar-refractivity contribution is -0.136. The summed E-state index contributed by atoms with van der Waals surface area (Å²) in [4.78, 5) is 10.9. The van der Waals surface area contributed by atoms with Crippen LogP contribution < -0.4 is 5.73 Å². The van der Waals surface area contributed by atoms with Crippen molar-refractivity contribution >= 4 is 18.4 Å². The molecule has 0 aromatic rings. The monoisotopic (exact) mass is 193 g/mol. The third kappa shape index (κ3) is 3.74. The molecule has 0 aliphatic carbocycles. The Morgan fingerprint density at radius 2 is 1.83 bits per heavy atom. The van der Waals surface area contributed by atoms with Crippen LogP contribution >= 0.6 is 12.4 Å². The molecule has 0 radical (unpaired) electrons. The summed E-state index contributed by atoms with van der Waals surface area (Å²) in [6.07, 6.45) is 0. The molecule has 0 fully saturated rings. The van der Waals surface area contributed by atoms with E-state index in [-0.39, 0.29) is 24.4 Å². The fourth-order valence-electron chi connectivity index (χ4n) is 0.656. The zero-order valence-electron chi connectivity index (χ0n) is 7.88. The van der Waals surface area contributed by atoms with Gasteiger partial charge in [0, 0.05) is 11.6 Å². The van der Waals surface area contributed by atoms with Crippen molar-refractivity contribution in [3.63, 3.8) is 0 Å². The molecule has 0 aromatic carbocycles. The van der Waals surface area contributed by atoms with E-state index in [0.717, 1.165) is 5.57 Å². The SMILES string of the molecule is COC(=O)C(C)=C(C)C(C)N.Cl. The smallest absolute Gasteiger partial charge is 0.333 e. The maximum absolute atomic E-state index is 10.9. The zero-order chi connectivity index (χ0) is 9.02. The van der Waals surface area contributed by atoms with Crippen LogP contribution in [-0.4, -0.2) is 19.1 Å². The highest BCUT2D eigenvalue weighted by molar-refractivity contribution is 5.88. The van der Waals surface area contributed by atoms with Crippen LogP contribution in [0.5, 0.6) is 0 Å². The lowest BCUT2D eigenvalue weighted by Crippen LogP contribution is -2.19. The molecular formula is C8H16ClNO2. The third-order valence-electron chi connectivity index (χ3n) is 1.77. The number of carbonyl (C=O) groups excluding carboxylic acids is 1. The molecule has 0 aliphatic rings. The fraction of sp³-hybridized carbons (Fsp3) is 0.625. The van der Waals surface area contributed by atoms with Gasteiger partial charge in [-0.25, -0.2) is 4.79 Å². The van der Waals surface area contributed by atoms with Crippen molar-refractivity contribution in [3.05, 3.63) is 11.1 Å². The maximum atomic E-state index is 10.9. The first-order valence-corrected chi connectivity index (χ1v) is 3.52. The Labute approximate surface area is 79.4 Å². The van der Waals surface area contributed by atoms with Crippen LogP contribution in [0.1, 0.15) is 20.8 Å². The molecule has 4 heteroatoms. The fourth-order valence-corrected chi connectivity index (χ4v) is 0.656. The van der Waals surface area contributed by atoms with E-state index >= 15 is 0 Å². The lowest BCUT2D eigenvalue weighted by Gasteiger charge is -2.08. The summed E-state index contributed by atoms with van der Waals surface area (Å²) in [5, 5.41) is 0. The van der Waals surface area contributed by atoms with E-state index in [4.69, 9.17) is 5.73 Å². The first-order chi connectivity index (χ1) is 5.00. The molecular weight excluding hydrogens is 178 g/mol. The quantitative estimate of drug-likeness (QED) is 0.531. The molecule has 0 amide bonds. The molecule has 0 rings (SSSR count). The molecule has 12 heavy (non-hydrogen) atoms. The molecule has 1 atom stereocenters. The first kappa shape index (κ1) is 14.0. The van der Waals surface area contributed by atoms with Crippen molar-refractivity contribution in [1.82, 2.24) is 0 Å². The van der Waals surface area contributed by atoms with Crippen molar-refractivity contribution in [3.8, 4) is 0 Å². The normalized spacial score (nSPS) is 14.1. The highest BCUT2D eigenvalue weighted by Gasteiger charge is 2.09. The molecule has 3 nitrogen and oxygen atoms in total. The number of halogens is 1. The van der Waals surface area contributed by atoms with Gasteiger partial charge in [0.2, 0.25) is 0 Å². The van der Waals surface area contributed by atoms with Crippen LogP contribution in [0.3, 0.4) is 0 Å². The van der Waals surface area contributed by atoms with E-state index < -0.39 is 0 Å². The van der Waals surface area contributed by atoms with Crippen LogP contribution in [0.2, 0.25) is 0 Å². The van der Waals surface area contributed by atoms with Gasteiger partial charge < -0.3 is 10.5 Å². The highest BCUT2D eigenvalue weighted by Crippen LogP contribution is 2.07. The molecule has 0 saturated heterocycles. The van der Waals surface area contributed by atoms with Gasteiger partial charge in [0.05, 0.1) is 7.11 Å². The van der Waals surface area contributed by atoms with Crippen LogP contribution in [-0.2, 0) is 9.53 Å². The summed E-state index contributed by atoms with van der Waals surface area (Å²) in [5.41, 5.74) is 7.04. The standard InChI is InChI=1S/C8H15NO2.ClH/c1-5(7(3)9)6(2)8(10)11-4;/h7H,9H2,1-4H3;1H. The Bertz CT molecular complexity index is 187. The number of methoxy groups -OCH3 is 1. The number of hydrogen-bond donors (Lipinski definition) is 1. The van der Waals surface area contributed by atoms with Crippen LogP contribution in [0.4, 0.5) is 0 Å². The summed E-state index contributed by atoms with van der Waals surface area (Å²) in [6, 6.07) is -0.0888. The first-order valence-electron chi connectivity index (χ1n) is 3.52. The van der Waals surface area contributed by atoms with E-state index in [1.54, 1.807) is 6.92 Å². The average molecular weight is 194 g/mol. The molecule has 0 spiro atoms. The molecule has 72 valence electrons. The Balaban J connectivity index is 0. The number of ether oxygens (including phenoxy) is 1. The number of hydrogen-bond acceptors (Lipinski definition) is 3. The molecule has 2 N–H and O–H groups in total. The minimum absolute atomic E-state index is 0. The summed E-state index contributed by atoms with van der Waals surface area (Å²) in [7, 11) is 1.36. The van der Waals surface area contributed by atoms with Gasteiger partial charge in [0.25, 0.3) is 0 Å². The van der Waals surface area contributed by atoms with Gasteiger partial charge >= 0.3 is 5.97 Å². The molecule has 0 aromatic heterocycles. The highest BCUT2D eigenvalue weighted by atomic mass is 35.5. The second kappa shape index (κ2) is 6.03. The van der Waals surface area contributed by atoms with E-state index in [2.05, 4.69) is 4.74 Å². The topological polar surface area (TPSA) is 52.3 Å². The predicted molar refractivity (Wildman–Crippen MR) is 51.3 cm³/mol. The lowest BCUT2D eigenvalue weighted by atomic mass is 10.1. The van der Waals surface area contributed by atoms with Crippen LogP contribution in [0.15, 0.2) is 11.1 Å². The Hall–Kier alpha value is -0.540. The van der Waals surface area contributed by atoms with Crippen molar-refractivity contribution in [2.24, 2.45) is 5.73 Å². The Morgan fingerprint density at radius 1 is 1.42 bits per heavy atom. The van der Waals surface area contributed by atoms with Gasteiger partial charge in [-0.15, -0.1) is 12.4 Å². The largest absolute Gasteiger partial charge is 0.466 e. The van der Waals surface area contributed by atoms with Crippen LogP contribution in [0.25, 0.3) is 0 Å². The van der Waals surface area contributed by atoms with Gasteiger partial charge in [-0.05, 0) is 26.3 Å². The number of nitrogens with two attached hydrogens (primary N) is 1. The minimum Gasteiger partial charge on any atom is -0.466 e.